The third-order valence-corrected chi connectivity index (χ3v) is 8.32. The quantitative estimate of drug-likeness (QED) is 0.804. The van der Waals surface area contributed by atoms with Crippen molar-refractivity contribution in [1.29, 1.82) is 0 Å². The van der Waals surface area contributed by atoms with Crippen LogP contribution in [0.1, 0.15) is 24.0 Å². The Morgan fingerprint density at radius 3 is 2.41 bits per heavy atom. The molecule has 0 spiro atoms. The molecule has 146 valence electrons. The van der Waals surface area contributed by atoms with Gasteiger partial charge in [-0.1, -0.05) is 23.7 Å². The molecule has 0 bridgehead atoms. The van der Waals surface area contributed by atoms with E-state index in [1.165, 1.54) is 10.4 Å². The molecule has 1 saturated heterocycles. The molecule has 0 saturated carbocycles. The zero-order chi connectivity index (χ0) is 19.8. The number of halogens is 1. The van der Waals surface area contributed by atoms with Crippen LogP contribution in [0, 0.1) is 13.8 Å². The predicted molar refractivity (Wildman–Crippen MR) is 109 cm³/mol. The first kappa shape index (κ1) is 20.0. The molecule has 3 rings (SSSR count). The maximum Gasteiger partial charge on any atom is 0.262 e. The van der Waals surface area contributed by atoms with Gasteiger partial charge in [0.05, 0.1) is 22.0 Å². The van der Waals surface area contributed by atoms with Crippen LogP contribution in [0.2, 0.25) is 5.02 Å². The monoisotopic (exact) mass is 428 g/mol. The normalized spacial score (nSPS) is 16.9. The van der Waals surface area contributed by atoms with Gasteiger partial charge in [-0.15, -0.1) is 0 Å². The number of sulfonamides is 2. The maximum atomic E-state index is 12.9. The van der Waals surface area contributed by atoms with E-state index >= 15 is 0 Å². The van der Waals surface area contributed by atoms with Gasteiger partial charge in [-0.25, -0.2) is 16.8 Å². The molecule has 6 nitrogen and oxygen atoms in total. The van der Waals surface area contributed by atoms with Gasteiger partial charge in [0.2, 0.25) is 10.0 Å². The molecule has 0 radical (unpaired) electrons. The van der Waals surface area contributed by atoms with Crippen LogP contribution in [0.4, 0.5) is 11.4 Å². The average molecular weight is 429 g/mol. The molecule has 2 aromatic rings. The van der Waals surface area contributed by atoms with Crippen molar-refractivity contribution < 1.29 is 16.8 Å². The van der Waals surface area contributed by atoms with Crippen molar-refractivity contribution in [2.24, 2.45) is 0 Å². The van der Waals surface area contributed by atoms with Crippen LogP contribution in [0.3, 0.4) is 0 Å². The van der Waals surface area contributed by atoms with Crippen molar-refractivity contribution in [3.63, 3.8) is 0 Å². The van der Waals surface area contributed by atoms with E-state index in [9.17, 15) is 16.8 Å². The molecule has 1 fully saturated rings. The number of anilines is 2. The van der Waals surface area contributed by atoms with Crippen LogP contribution in [0.5, 0.6) is 0 Å². The van der Waals surface area contributed by atoms with Gasteiger partial charge in [0.1, 0.15) is 0 Å². The number of benzene rings is 2. The molecule has 1 heterocycles. The molecule has 0 atom stereocenters. The molecular weight excluding hydrogens is 408 g/mol. The van der Waals surface area contributed by atoms with E-state index in [0.29, 0.717) is 34.9 Å². The second-order valence-electron chi connectivity index (χ2n) is 6.61. The Kier molecular flexibility index (Phi) is 5.42. The molecule has 1 N–H and O–H groups in total. The highest BCUT2D eigenvalue weighted by molar-refractivity contribution is 7.93. The molecule has 9 heteroatoms. The van der Waals surface area contributed by atoms with Crippen molar-refractivity contribution >= 4 is 43.0 Å². The summed E-state index contributed by atoms with van der Waals surface area (Å²) in [5, 5.41) is 0.458. The van der Waals surface area contributed by atoms with Crippen LogP contribution in [0.15, 0.2) is 41.3 Å². The van der Waals surface area contributed by atoms with Gasteiger partial charge in [0.15, 0.2) is 0 Å². The highest BCUT2D eigenvalue weighted by atomic mass is 35.5. The third kappa shape index (κ3) is 4.23. The second kappa shape index (κ2) is 7.33. The number of rotatable bonds is 4. The molecule has 0 unspecified atom stereocenters. The van der Waals surface area contributed by atoms with E-state index in [-0.39, 0.29) is 10.6 Å². The fourth-order valence-electron chi connectivity index (χ4n) is 2.98. The van der Waals surface area contributed by atoms with E-state index in [1.807, 2.05) is 6.92 Å². The number of hydrogen-bond donors (Lipinski definition) is 1. The lowest BCUT2D eigenvalue weighted by Gasteiger charge is -2.28. The van der Waals surface area contributed by atoms with Gasteiger partial charge in [-0.3, -0.25) is 9.03 Å². The van der Waals surface area contributed by atoms with Gasteiger partial charge in [-0.05, 0) is 62.1 Å². The molecule has 0 amide bonds. The summed E-state index contributed by atoms with van der Waals surface area (Å²) in [4.78, 5) is 0.0393. The topological polar surface area (TPSA) is 83.6 Å². The maximum absolute atomic E-state index is 12.9. The summed E-state index contributed by atoms with van der Waals surface area (Å²) in [5.74, 6) is 0.0725. The summed E-state index contributed by atoms with van der Waals surface area (Å²) in [7, 11) is -7.32. The van der Waals surface area contributed by atoms with Crippen molar-refractivity contribution in [2.75, 3.05) is 21.3 Å². The van der Waals surface area contributed by atoms with Gasteiger partial charge >= 0.3 is 0 Å². The predicted octanol–water partition coefficient (Wildman–Crippen LogP) is 3.69. The van der Waals surface area contributed by atoms with Crippen LogP contribution in [0.25, 0.3) is 0 Å². The van der Waals surface area contributed by atoms with Crippen molar-refractivity contribution in [2.45, 2.75) is 31.6 Å². The van der Waals surface area contributed by atoms with E-state index < -0.39 is 20.0 Å². The minimum Gasteiger partial charge on any atom is -0.280 e. The lowest BCUT2D eigenvalue weighted by Crippen LogP contribution is -2.38. The van der Waals surface area contributed by atoms with Crippen LogP contribution in [-0.2, 0) is 20.0 Å². The Bertz CT molecular complexity index is 1080. The van der Waals surface area contributed by atoms with Gasteiger partial charge in [0.25, 0.3) is 10.0 Å². The van der Waals surface area contributed by atoms with Gasteiger partial charge < -0.3 is 0 Å². The first-order valence-corrected chi connectivity index (χ1v) is 12.0. The average Bonchev–Trinajstić information content (AvgIpc) is 2.58. The van der Waals surface area contributed by atoms with Crippen molar-refractivity contribution in [3.05, 3.63) is 52.5 Å². The molecular formula is C18H21ClN2O4S2. The van der Waals surface area contributed by atoms with Crippen LogP contribution >= 0.6 is 11.6 Å². The third-order valence-electron chi connectivity index (χ3n) is 4.52. The second-order valence-corrected chi connectivity index (χ2v) is 10.7. The lowest BCUT2D eigenvalue weighted by molar-refractivity contribution is 0.574. The fourth-order valence-corrected chi connectivity index (χ4v) is 6.11. The van der Waals surface area contributed by atoms with Crippen molar-refractivity contribution in [1.82, 2.24) is 0 Å². The molecule has 1 aliphatic heterocycles. The summed E-state index contributed by atoms with van der Waals surface area (Å²) in [6, 6.07) is 9.58. The summed E-state index contributed by atoms with van der Waals surface area (Å²) >= 11 is 6.07. The molecule has 27 heavy (non-hydrogen) atoms. The van der Waals surface area contributed by atoms with E-state index in [2.05, 4.69) is 4.72 Å². The Hall–Kier alpha value is -1.77. The highest BCUT2D eigenvalue weighted by Crippen LogP contribution is 2.29. The molecule has 0 aromatic heterocycles. The first-order valence-electron chi connectivity index (χ1n) is 8.50. The zero-order valence-corrected chi connectivity index (χ0v) is 17.5. The highest BCUT2D eigenvalue weighted by Gasteiger charge is 2.28. The smallest absolute Gasteiger partial charge is 0.262 e. The summed E-state index contributed by atoms with van der Waals surface area (Å²) in [6.45, 7) is 3.85. The van der Waals surface area contributed by atoms with Gasteiger partial charge in [0, 0.05) is 11.6 Å². The van der Waals surface area contributed by atoms with Crippen LogP contribution in [-0.4, -0.2) is 29.1 Å². The zero-order valence-electron chi connectivity index (χ0n) is 15.1. The Morgan fingerprint density at radius 2 is 1.74 bits per heavy atom. The van der Waals surface area contributed by atoms with Crippen LogP contribution < -0.4 is 9.03 Å². The molecule has 0 aliphatic carbocycles. The Balaban J connectivity index is 1.98. The Morgan fingerprint density at radius 1 is 1.04 bits per heavy atom. The molecule has 2 aromatic carbocycles. The molecule has 1 aliphatic rings. The number of nitrogens with zero attached hydrogens (tertiary/aromatic N) is 1. The van der Waals surface area contributed by atoms with E-state index in [1.54, 1.807) is 37.3 Å². The fraction of sp³-hybridized carbons (Fsp3) is 0.333. The SMILES string of the molecule is Cc1ccc(NS(=O)(=O)c2cc(N3CCCCS3(=O)=O)ccc2C)cc1Cl. The summed E-state index contributed by atoms with van der Waals surface area (Å²) in [5.41, 5.74) is 2.08. The number of aryl methyl sites for hydroxylation is 2. The lowest BCUT2D eigenvalue weighted by atomic mass is 10.2. The largest absolute Gasteiger partial charge is 0.280 e. The number of nitrogens with one attached hydrogen (secondary N) is 1. The van der Waals surface area contributed by atoms with Crippen molar-refractivity contribution in [3.8, 4) is 0 Å². The Labute approximate surface area is 165 Å². The van der Waals surface area contributed by atoms with E-state index in [0.717, 1.165) is 12.0 Å². The summed E-state index contributed by atoms with van der Waals surface area (Å²) < 4.78 is 54.3. The van der Waals surface area contributed by atoms with E-state index in [4.69, 9.17) is 11.6 Å². The first-order chi connectivity index (χ1) is 12.6. The number of hydrogen-bond acceptors (Lipinski definition) is 4. The minimum atomic E-state index is -3.90. The summed E-state index contributed by atoms with van der Waals surface area (Å²) in [6.07, 6.45) is 1.36. The van der Waals surface area contributed by atoms with Gasteiger partial charge in [-0.2, -0.15) is 0 Å². The minimum absolute atomic E-state index is 0.0393. The standard InChI is InChI=1S/C18H21ClN2O4S2/c1-13-5-7-15(11-17(13)19)20-27(24,25)18-12-16(8-6-14(18)2)21-9-3-4-10-26(21,22)23/h5-8,11-12,20H,3-4,9-10H2,1-2H3.